The Morgan fingerprint density at radius 1 is 0.423 bits per heavy atom. The predicted octanol–water partition coefficient (Wildman–Crippen LogP) is 5.53. The van der Waals surface area contributed by atoms with Gasteiger partial charge in [-0.3, -0.25) is 47.0 Å². The Bertz CT molecular complexity index is 3520. The van der Waals surface area contributed by atoms with E-state index in [1.807, 2.05) is 10.6 Å². The maximum absolute atomic E-state index is 13.6. The molecule has 5 aromatic rings. The Morgan fingerprint density at radius 3 is 0.901 bits per heavy atom. The minimum absolute atomic E-state index is 0.198. The van der Waals surface area contributed by atoms with Crippen molar-refractivity contribution in [3.05, 3.63) is 88.0 Å². The molecule has 0 spiro atoms. The van der Waals surface area contributed by atoms with Gasteiger partial charge in [-0.05, 0) is 65.4 Å². The van der Waals surface area contributed by atoms with Crippen LogP contribution in [-0.2, 0) is 60.7 Å². The van der Waals surface area contributed by atoms with Crippen LogP contribution >= 0.6 is 69.6 Å². The van der Waals surface area contributed by atoms with Gasteiger partial charge in [-0.25, -0.2) is 0 Å². The van der Waals surface area contributed by atoms with E-state index < -0.39 is 189 Å². The monoisotopic (exact) mass is 1230 g/mol. The van der Waals surface area contributed by atoms with Crippen molar-refractivity contribution in [2.24, 2.45) is 0 Å². The molecule has 0 unspecified atom stereocenters. The van der Waals surface area contributed by atoms with Gasteiger partial charge in [-0.2, -0.15) is 50.5 Å². The van der Waals surface area contributed by atoms with Crippen molar-refractivity contribution in [3.8, 4) is 0 Å². The zero-order chi connectivity index (χ0) is 54.0. The van der Waals surface area contributed by atoms with Gasteiger partial charge >= 0.3 is 0 Å². The van der Waals surface area contributed by atoms with E-state index in [9.17, 15) is 97.5 Å². The average Bonchev–Trinajstić information content (AvgIpc) is 3.24. The Kier molecular flexibility index (Phi) is 16.7. The second kappa shape index (κ2) is 20.5. The normalized spacial score (nSPS) is 20.2. The minimum atomic E-state index is -5.53. The van der Waals surface area contributed by atoms with Gasteiger partial charge in [0, 0.05) is 34.0 Å². The molecular formula is C34H25Cl6N3O22S6. The van der Waals surface area contributed by atoms with Crippen LogP contribution in [0.4, 0.5) is 17.1 Å². The van der Waals surface area contributed by atoms with Crippen molar-refractivity contribution in [2.45, 2.75) is 61.6 Å². The summed E-state index contributed by atoms with van der Waals surface area (Å²) >= 11 is 35.3. The fourth-order valence-electron chi connectivity index (χ4n) is 6.47. The van der Waals surface area contributed by atoms with Crippen molar-refractivity contribution in [2.75, 3.05) is 10.6 Å². The Balaban J connectivity index is 0.000000682. The number of nitrogens with zero attached hydrogens (tertiary/aromatic N) is 1. The molecule has 0 saturated heterocycles. The number of fused-ring (bicyclic) bond motifs is 2. The fraction of sp³-hybridized carbons (Fsp3) is 0.176. The van der Waals surface area contributed by atoms with Crippen molar-refractivity contribution in [3.63, 3.8) is 0 Å². The summed E-state index contributed by atoms with van der Waals surface area (Å²) in [5, 5.41) is 9.88. The molecule has 1 fully saturated rings. The van der Waals surface area contributed by atoms with Crippen LogP contribution < -0.4 is 10.6 Å². The van der Waals surface area contributed by atoms with Gasteiger partial charge in [0.25, 0.3) is 78.2 Å². The molecule has 0 aromatic heterocycles. The third kappa shape index (κ3) is 13.1. The highest BCUT2D eigenvalue weighted by Crippen LogP contribution is 2.41. The highest BCUT2D eigenvalue weighted by molar-refractivity contribution is 7.87. The van der Waals surface area contributed by atoms with Crippen molar-refractivity contribution < 1.29 is 92.3 Å². The lowest BCUT2D eigenvalue weighted by Gasteiger charge is -2.37. The standard InChI is InChI=1S/C28H19N3O22S6.C6H6Cl6/c32-27(29-21-8-17(54(36,37)38)4-12-6-19(56(42,43)44)10-23(25(12)21)58(48,49)50)14-1-15(3-16(2-14)31(34)35)28(33)30-22-9-18(55(39,40)41)5-13-7-20(57(45,46)47)11-24(26(13)22)59(51,52)53;7-1-2(8)4(10)6(12)5(11)3(1)9/h1-11H,(H,29,32)(H,30,33)(H,36,37,38)(H,39,40,41)(H,42,43,44)(H,45,46,47)(H,48,49,50)(H,51,52,53);1-6H/t;1-,2-,3-,4+,5+,6+. The summed E-state index contributed by atoms with van der Waals surface area (Å²) in [4.78, 5) is 30.5. The van der Waals surface area contributed by atoms with Gasteiger partial charge in [0.05, 0.1) is 68.1 Å². The number of nitro groups is 1. The molecule has 0 atom stereocenters. The third-order valence-electron chi connectivity index (χ3n) is 9.64. The predicted molar refractivity (Wildman–Crippen MR) is 254 cm³/mol. The van der Waals surface area contributed by atoms with Crippen LogP contribution in [0.25, 0.3) is 21.5 Å². The first-order valence-electron chi connectivity index (χ1n) is 18.0. The topological polar surface area (TPSA) is 428 Å². The van der Waals surface area contributed by atoms with E-state index in [2.05, 4.69) is 0 Å². The van der Waals surface area contributed by atoms with E-state index in [1.165, 1.54) is 0 Å². The molecule has 1 saturated carbocycles. The molecule has 37 heteroatoms. The van der Waals surface area contributed by atoms with Crippen LogP contribution in [0.3, 0.4) is 0 Å². The van der Waals surface area contributed by atoms with Gasteiger partial charge in [0.1, 0.15) is 9.79 Å². The lowest BCUT2D eigenvalue weighted by molar-refractivity contribution is -0.384. The number of nitro benzene ring substituents is 1. The van der Waals surface area contributed by atoms with E-state index >= 15 is 0 Å². The molecule has 25 nitrogen and oxygen atoms in total. The molecule has 0 radical (unpaired) electrons. The summed E-state index contributed by atoms with van der Waals surface area (Å²) in [7, 11) is -32.2. The SMILES string of the molecule is Cl[C@H]1[C@H](Cl)[C@@H](Cl)[C@@H](Cl)[C@H](Cl)[C@H]1Cl.O=C(Nc1cc(S(=O)(=O)O)cc2cc(S(=O)(=O)O)cc(S(=O)(=O)O)c12)c1cc(C(=O)Nc2cc(S(=O)(=O)O)cc3cc(S(=O)(=O)O)cc(S(=O)(=O)O)c23)cc([N+](=O)[O-])c1. The van der Waals surface area contributed by atoms with Gasteiger partial charge in [0.2, 0.25) is 0 Å². The first-order chi connectivity index (χ1) is 32.1. The van der Waals surface area contributed by atoms with E-state index in [4.69, 9.17) is 69.6 Å². The van der Waals surface area contributed by atoms with Crippen LogP contribution in [0.1, 0.15) is 20.7 Å². The van der Waals surface area contributed by atoms with Crippen molar-refractivity contribution in [1.82, 2.24) is 0 Å². The first-order valence-corrected chi connectivity index (χ1v) is 29.2. The molecule has 2 amide bonds. The summed E-state index contributed by atoms with van der Waals surface area (Å²) in [5.41, 5.74) is -4.81. The molecule has 0 bridgehead atoms. The van der Waals surface area contributed by atoms with E-state index in [0.717, 1.165) is 0 Å². The molecule has 71 heavy (non-hydrogen) atoms. The molecule has 0 aliphatic heterocycles. The van der Waals surface area contributed by atoms with Crippen LogP contribution in [0.5, 0.6) is 0 Å². The summed E-state index contributed by atoms with van der Waals surface area (Å²) in [6.45, 7) is 0. The lowest BCUT2D eigenvalue weighted by atomic mass is 9.97. The van der Waals surface area contributed by atoms with E-state index in [1.54, 1.807) is 0 Å². The number of non-ortho nitro benzene ring substituents is 1. The number of alkyl halides is 6. The largest absolute Gasteiger partial charge is 0.321 e. The van der Waals surface area contributed by atoms with E-state index in [0.29, 0.717) is 54.6 Å². The number of anilines is 2. The Morgan fingerprint density at radius 2 is 0.676 bits per heavy atom. The second-order valence-corrected chi connectivity index (χ2v) is 25.9. The van der Waals surface area contributed by atoms with Gasteiger partial charge in [-0.1, -0.05) is 0 Å². The van der Waals surface area contributed by atoms with Crippen LogP contribution in [0, 0.1) is 10.1 Å². The average molecular weight is 1230 g/mol. The smallest absolute Gasteiger partial charge is 0.295 e. The van der Waals surface area contributed by atoms with Crippen LogP contribution in [0.15, 0.2) is 96.1 Å². The molecule has 1 aliphatic rings. The van der Waals surface area contributed by atoms with Crippen molar-refractivity contribution in [1.29, 1.82) is 0 Å². The molecule has 386 valence electrons. The Hall–Kier alpha value is -3.84. The number of carbonyl (C=O) groups is 2. The number of nitrogens with one attached hydrogen (secondary N) is 2. The van der Waals surface area contributed by atoms with E-state index in [-0.39, 0.29) is 12.1 Å². The quantitative estimate of drug-likeness (QED) is 0.0349. The number of benzene rings is 5. The molecular weight excluding hydrogens is 1210 g/mol. The summed E-state index contributed by atoms with van der Waals surface area (Å²) in [6, 6.07) is 4.61. The fourth-order valence-corrected chi connectivity index (χ4v) is 12.6. The zero-order valence-corrected chi connectivity index (χ0v) is 43.1. The number of halogens is 6. The number of hydrogen-bond acceptors (Lipinski definition) is 16. The molecule has 5 aromatic carbocycles. The van der Waals surface area contributed by atoms with Crippen LogP contribution in [-0.4, -0.2) is 127 Å². The number of rotatable bonds is 11. The summed E-state index contributed by atoms with van der Waals surface area (Å²) in [6.07, 6.45) is 0. The number of amides is 2. The number of hydrogen-bond donors (Lipinski definition) is 8. The zero-order valence-electron chi connectivity index (χ0n) is 33.7. The van der Waals surface area contributed by atoms with Gasteiger partial charge < -0.3 is 10.6 Å². The maximum Gasteiger partial charge on any atom is 0.295 e. The Labute approximate surface area is 429 Å². The molecule has 6 rings (SSSR count). The third-order valence-corrected chi connectivity index (χ3v) is 18.8. The van der Waals surface area contributed by atoms with Gasteiger partial charge in [0.15, 0.2) is 0 Å². The highest BCUT2D eigenvalue weighted by Gasteiger charge is 2.47. The van der Waals surface area contributed by atoms with Crippen LogP contribution in [0.2, 0.25) is 0 Å². The highest BCUT2D eigenvalue weighted by atomic mass is 35.5. The first kappa shape index (κ1) is 58.1. The van der Waals surface area contributed by atoms with Gasteiger partial charge in [-0.15, -0.1) is 69.6 Å². The maximum atomic E-state index is 13.6. The molecule has 8 N–H and O–H groups in total. The second-order valence-electron chi connectivity index (χ2n) is 14.4. The summed E-state index contributed by atoms with van der Waals surface area (Å²) in [5.74, 6) is -3.14. The van der Waals surface area contributed by atoms with Crippen molar-refractivity contribution >= 4 is 181 Å². The molecule has 1 aliphatic carbocycles. The lowest BCUT2D eigenvalue weighted by Crippen LogP contribution is -2.52. The molecule has 0 heterocycles. The number of carbonyl (C=O) groups excluding carboxylic acids is 2. The minimum Gasteiger partial charge on any atom is -0.321 e. The summed E-state index contributed by atoms with van der Waals surface area (Å²) < 4.78 is 203.